The first-order chi connectivity index (χ1) is 11.9. The minimum Gasteiger partial charge on any atom is -0.481 e. The van der Waals surface area contributed by atoms with Crippen LogP contribution in [0.15, 0.2) is 24.3 Å². The van der Waals surface area contributed by atoms with E-state index in [9.17, 15) is 14.4 Å². The van der Waals surface area contributed by atoms with Crippen molar-refractivity contribution in [2.45, 2.75) is 31.7 Å². The van der Waals surface area contributed by atoms with E-state index in [4.69, 9.17) is 16.7 Å². The van der Waals surface area contributed by atoms with E-state index in [0.717, 1.165) is 12.8 Å². The van der Waals surface area contributed by atoms with Crippen LogP contribution >= 0.6 is 11.6 Å². The Kier molecular flexibility index (Phi) is 5.27. The summed E-state index contributed by atoms with van der Waals surface area (Å²) >= 11 is 5.85. The Morgan fingerprint density at radius 1 is 1.12 bits per heavy atom. The number of likely N-dealkylation sites (tertiary alicyclic amines) is 1. The molecule has 0 bridgehead atoms. The van der Waals surface area contributed by atoms with Gasteiger partial charge in [0.1, 0.15) is 0 Å². The van der Waals surface area contributed by atoms with Gasteiger partial charge in [-0.1, -0.05) is 11.6 Å². The highest BCUT2D eigenvalue weighted by Gasteiger charge is 2.37. The van der Waals surface area contributed by atoms with Crippen LogP contribution in [0.4, 0.5) is 0 Å². The number of hydrogen-bond donors (Lipinski definition) is 2. The second-order valence-corrected chi connectivity index (χ2v) is 7.25. The predicted molar refractivity (Wildman–Crippen MR) is 92.4 cm³/mol. The van der Waals surface area contributed by atoms with Gasteiger partial charge in [-0.05, 0) is 49.9 Å². The number of hydrogen-bond acceptors (Lipinski definition) is 3. The van der Waals surface area contributed by atoms with Crippen LogP contribution in [0.1, 0.15) is 36.0 Å². The summed E-state index contributed by atoms with van der Waals surface area (Å²) in [7, 11) is 0. The molecule has 1 atom stereocenters. The van der Waals surface area contributed by atoms with Gasteiger partial charge in [-0.15, -0.1) is 0 Å². The van der Waals surface area contributed by atoms with Gasteiger partial charge in [-0.3, -0.25) is 14.4 Å². The molecule has 1 aliphatic carbocycles. The molecule has 25 heavy (non-hydrogen) atoms. The molecule has 2 amide bonds. The van der Waals surface area contributed by atoms with Gasteiger partial charge >= 0.3 is 5.97 Å². The molecule has 1 aliphatic heterocycles. The maximum absolute atomic E-state index is 12.6. The minimum absolute atomic E-state index is 0.0593. The highest BCUT2D eigenvalue weighted by atomic mass is 35.5. The van der Waals surface area contributed by atoms with Crippen LogP contribution in [0.2, 0.25) is 5.02 Å². The number of carbonyl (C=O) groups excluding carboxylic acids is 2. The highest BCUT2D eigenvalue weighted by Crippen LogP contribution is 2.28. The average Bonchev–Trinajstić information content (AvgIpc) is 2.57. The first kappa shape index (κ1) is 17.7. The molecular formula is C18H21ClN2O4. The van der Waals surface area contributed by atoms with Crippen LogP contribution in [0.25, 0.3) is 0 Å². The molecule has 2 fully saturated rings. The standard InChI is InChI=1S/C18H21ClN2O4/c19-14-5-3-11(4-6-14)17(23)21-7-1-2-12(10-21)16(22)20-15-8-13(9-15)18(24)25/h3-6,12-13,15H,1-2,7-10H2,(H,20,22)(H,24,25). The van der Waals surface area contributed by atoms with E-state index in [0.29, 0.717) is 36.5 Å². The molecule has 1 unspecified atom stereocenters. The second-order valence-electron chi connectivity index (χ2n) is 6.81. The number of amides is 2. The minimum atomic E-state index is -0.803. The normalized spacial score (nSPS) is 25.8. The molecule has 7 heteroatoms. The molecule has 6 nitrogen and oxygen atoms in total. The molecular weight excluding hydrogens is 344 g/mol. The van der Waals surface area contributed by atoms with Gasteiger partial charge in [0.05, 0.1) is 11.8 Å². The molecule has 1 saturated heterocycles. The maximum atomic E-state index is 12.6. The predicted octanol–water partition coefficient (Wildman–Crippen LogP) is 2.17. The van der Waals surface area contributed by atoms with Crippen molar-refractivity contribution in [2.75, 3.05) is 13.1 Å². The molecule has 134 valence electrons. The summed E-state index contributed by atoms with van der Waals surface area (Å²) in [6, 6.07) is 6.68. The largest absolute Gasteiger partial charge is 0.481 e. The van der Waals surface area contributed by atoms with Crippen molar-refractivity contribution < 1.29 is 19.5 Å². The summed E-state index contributed by atoms with van der Waals surface area (Å²) in [6.45, 7) is 1.03. The molecule has 1 aromatic rings. The Morgan fingerprint density at radius 2 is 1.80 bits per heavy atom. The summed E-state index contributed by atoms with van der Waals surface area (Å²) in [6.07, 6.45) is 2.49. The zero-order valence-electron chi connectivity index (χ0n) is 13.8. The number of carboxylic acids is 1. The lowest BCUT2D eigenvalue weighted by Crippen LogP contribution is -2.51. The van der Waals surface area contributed by atoms with Crippen molar-refractivity contribution >= 4 is 29.4 Å². The fraction of sp³-hybridized carbons (Fsp3) is 0.500. The Bertz CT molecular complexity index is 670. The van der Waals surface area contributed by atoms with E-state index in [2.05, 4.69) is 5.32 Å². The molecule has 0 aromatic heterocycles. The van der Waals surface area contributed by atoms with Crippen LogP contribution in [0, 0.1) is 11.8 Å². The fourth-order valence-electron chi connectivity index (χ4n) is 3.41. The van der Waals surface area contributed by atoms with Crippen molar-refractivity contribution in [2.24, 2.45) is 11.8 Å². The Morgan fingerprint density at radius 3 is 2.44 bits per heavy atom. The van der Waals surface area contributed by atoms with E-state index in [1.54, 1.807) is 29.2 Å². The number of benzene rings is 1. The van der Waals surface area contributed by atoms with Crippen molar-refractivity contribution in [3.05, 3.63) is 34.9 Å². The number of carboxylic acid groups (broad SMARTS) is 1. The van der Waals surface area contributed by atoms with E-state index in [1.807, 2.05) is 0 Å². The molecule has 0 spiro atoms. The Balaban J connectivity index is 1.54. The summed E-state index contributed by atoms with van der Waals surface area (Å²) in [5.74, 6) is -1.57. The van der Waals surface area contributed by atoms with Crippen LogP contribution < -0.4 is 5.32 Å². The second kappa shape index (κ2) is 7.44. The lowest BCUT2D eigenvalue weighted by atomic mass is 9.80. The van der Waals surface area contributed by atoms with Gasteiger partial charge in [0.15, 0.2) is 0 Å². The SMILES string of the molecule is O=C(O)C1CC(NC(=O)C2CCCN(C(=O)c3ccc(Cl)cc3)C2)C1. The smallest absolute Gasteiger partial charge is 0.306 e. The van der Waals surface area contributed by atoms with Crippen molar-refractivity contribution in [3.63, 3.8) is 0 Å². The molecule has 0 radical (unpaired) electrons. The molecule has 2 aliphatic rings. The molecule has 3 rings (SSSR count). The van der Waals surface area contributed by atoms with Gasteiger partial charge in [0.25, 0.3) is 5.91 Å². The van der Waals surface area contributed by atoms with Crippen molar-refractivity contribution in [3.8, 4) is 0 Å². The zero-order chi connectivity index (χ0) is 18.0. The number of nitrogens with one attached hydrogen (secondary N) is 1. The van der Waals surface area contributed by atoms with Crippen LogP contribution in [0.3, 0.4) is 0 Å². The number of carbonyl (C=O) groups is 3. The molecule has 1 aromatic carbocycles. The van der Waals surface area contributed by atoms with E-state index in [1.165, 1.54) is 0 Å². The molecule has 1 heterocycles. The van der Waals surface area contributed by atoms with Gasteiger partial charge in [0.2, 0.25) is 5.91 Å². The van der Waals surface area contributed by atoms with Crippen LogP contribution in [-0.4, -0.2) is 46.9 Å². The van der Waals surface area contributed by atoms with Crippen LogP contribution in [0.5, 0.6) is 0 Å². The summed E-state index contributed by atoms with van der Waals surface area (Å²) in [4.78, 5) is 37.5. The monoisotopic (exact) mass is 364 g/mol. The van der Waals surface area contributed by atoms with Gasteiger partial charge in [-0.2, -0.15) is 0 Å². The Hall–Kier alpha value is -2.08. The Labute approximate surface area is 151 Å². The van der Waals surface area contributed by atoms with Gasteiger partial charge in [-0.25, -0.2) is 0 Å². The topological polar surface area (TPSA) is 86.7 Å². The first-order valence-corrected chi connectivity index (χ1v) is 8.90. The molecule has 1 saturated carbocycles. The average molecular weight is 365 g/mol. The number of piperidine rings is 1. The van der Waals surface area contributed by atoms with E-state index >= 15 is 0 Å². The number of rotatable bonds is 4. The maximum Gasteiger partial charge on any atom is 0.306 e. The van der Waals surface area contributed by atoms with Gasteiger partial charge in [0, 0.05) is 29.7 Å². The first-order valence-electron chi connectivity index (χ1n) is 8.52. The lowest BCUT2D eigenvalue weighted by Gasteiger charge is -2.36. The van der Waals surface area contributed by atoms with Crippen molar-refractivity contribution in [1.29, 1.82) is 0 Å². The highest BCUT2D eigenvalue weighted by molar-refractivity contribution is 6.30. The summed E-state index contributed by atoms with van der Waals surface area (Å²) < 4.78 is 0. The zero-order valence-corrected chi connectivity index (χ0v) is 14.5. The van der Waals surface area contributed by atoms with E-state index in [-0.39, 0.29) is 29.7 Å². The number of nitrogens with zero attached hydrogens (tertiary/aromatic N) is 1. The van der Waals surface area contributed by atoms with Crippen LogP contribution in [-0.2, 0) is 9.59 Å². The molecule has 2 N–H and O–H groups in total. The number of halogens is 1. The lowest BCUT2D eigenvalue weighted by molar-refractivity contribution is -0.146. The van der Waals surface area contributed by atoms with Gasteiger partial charge < -0.3 is 15.3 Å². The fourth-order valence-corrected chi connectivity index (χ4v) is 3.53. The third-order valence-corrected chi connectivity index (χ3v) is 5.26. The quantitative estimate of drug-likeness (QED) is 0.857. The van der Waals surface area contributed by atoms with Crippen molar-refractivity contribution in [1.82, 2.24) is 10.2 Å². The number of aliphatic carboxylic acids is 1. The third kappa shape index (κ3) is 4.12. The van der Waals surface area contributed by atoms with E-state index < -0.39 is 5.97 Å². The summed E-state index contributed by atoms with van der Waals surface area (Å²) in [5, 5.41) is 12.4. The third-order valence-electron chi connectivity index (χ3n) is 5.00. The summed E-state index contributed by atoms with van der Waals surface area (Å²) in [5.41, 5.74) is 0.564.